The van der Waals surface area contributed by atoms with Crippen LogP contribution < -0.4 is 0 Å². The van der Waals surface area contributed by atoms with E-state index >= 15 is 0 Å². The van der Waals surface area contributed by atoms with Crippen LogP contribution >= 0.6 is 0 Å². The minimum absolute atomic E-state index is 0.663. The Morgan fingerprint density at radius 3 is 2.57 bits per heavy atom. The van der Waals surface area contributed by atoms with E-state index in [-0.39, 0.29) is 0 Å². The fourth-order valence-corrected chi connectivity index (χ4v) is 2.44. The van der Waals surface area contributed by atoms with Crippen LogP contribution in [0.15, 0.2) is 30.3 Å². The summed E-state index contributed by atoms with van der Waals surface area (Å²) in [5.74, 6) is 0. The highest BCUT2D eigenvalue weighted by Gasteiger charge is 2.27. The molecule has 0 saturated carbocycles. The van der Waals surface area contributed by atoms with E-state index in [9.17, 15) is 0 Å². The van der Waals surface area contributed by atoms with Gasteiger partial charge in [-0.2, -0.15) is 0 Å². The highest BCUT2D eigenvalue weighted by Crippen LogP contribution is 2.32. The van der Waals surface area contributed by atoms with E-state index in [1.165, 1.54) is 24.9 Å². The average Bonchev–Trinajstić information content (AvgIpc) is 2.67. The van der Waals surface area contributed by atoms with Crippen molar-refractivity contribution in [2.75, 3.05) is 6.54 Å². The van der Waals surface area contributed by atoms with Gasteiger partial charge in [0.25, 0.3) is 0 Å². The second-order valence-electron chi connectivity index (χ2n) is 4.40. The molecule has 2 rings (SSSR count). The zero-order valence-corrected chi connectivity index (χ0v) is 9.11. The van der Waals surface area contributed by atoms with E-state index in [0.29, 0.717) is 12.1 Å². The molecule has 1 heteroatoms. The first-order chi connectivity index (χ1) is 6.79. The van der Waals surface area contributed by atoms with Crippen molar-refractivity contribution >= 4 is 0 Å². The van der Waals surface area contributed by atoms with E-state index in [2.05, 4.69) is 49.1 Å². The monoisotopic (exact) mass is 189 g/mol. The van der Waals surface area contributed by atoms with E-state index in [4.69, 9.17) is 0 Å². The molecule has 76 valence electrons. The molecule has 0 bridgehead atoms. The van der Waals surface area contributed by atoms with Crippen LogP contribution in [0.4, 0.5) is 0 Å². The van der Waals surface area contributed by atoms with Gasteiger partial charge >= 0.3 is 0 Å². The molecule has 0 aromatic heterocycles. The summed E-state index contributed by atoms with van der Waals surface area (Å²) in [6, 6.07) is 12.2. The van der Waals surface area contributed by atoms with Crippen molar-refractivity contribution in [1.29, 1.82) is 0 Å². The largest absolute Gasteiger partial charge is 0.294 e. The van der Waals surface area contributed by atoms with Crippen molar-refractivity contribution in [1.82, 2.24) is 4.90 Å². The Morgan fingerprint density at radius 2 is 1.93 bits per heavy atom. The number of likely N-dealkylation sites (tertiary alicyclic amines) is 1. The summed E-state index contributed by atoms with van der Waals surface area (Å²) in [6.45, 7) is 5.85. The van der Waals surface area contributed by atoms with Crippen molar-refractivity contribution < 1.29 is 0 Å². The minimum Gasteiger partial charge on any atom is -0.294 e. The molecule has 1 atom stereocenters. The van der Waals surface area contributed by atoms with Gasteiger partial charge in [0.05, 0.1) is 0 Å². The van der Waals surface area contributed by atoms with Gasteiger partial charge in [-0.1, -0.05) is 30.3 Å². The first kappa shape index (κ1) is 9.72. The lowest BCUT2D eigenvalue weighted by atomic mass is 10.0. The van der Waals surface area contributed by atoms with Crippen LogP contribution in [0.3, 0.4) is 0 Å². The van der Waals surface area contributed by atoms with E-state index < -0.39 is 0 Å². The fraction of sp³-hybridized carbons (Fsp3) is 0.538. The Hall–Kier alpha value is -0.820. The average molecular weight is 189 g/mol. The van der Waals surface area contributed by atoms with Gasteiger partial charge in [0.2, 0.25) is 0 Å². The molecule has 0 N–H and O–H groups in total. The highest BCUT2D eigenvalue weighted by molar-refractivity contribution is 5.20. The summed E-state index contributed by atoms with van der Waals surface area (Å²) in [6.07, 6.45) is 2.67. The van der Waals surface area contributed by atoms with Crippen LogP contribution in [0.25, 0.3) is 0 Å². The van der Waals surface area contributed by atoms with Crippen LogP contribution in [0, 0.1) is 0 Å². The lowest BCUT2D eigenvalue weighted by Gasteiger charge is -2.28. The molecule has 0 amide bonds. The Bertz CT molecular complexity index is 279. The van der Waals surface area contributed by atoms with E-state index in [1.807, 2.05) is 0 Å². The number of rotatable bonds is 2. The molecule has 1 aliphatic heterocycles. The standard InChI is InChI=1S/C13H19N/c1-11(2)14-10-6-9-13(14)12-7-4-3-5-8-12/h3-5,7-8,11,13H,6,9-10H2,1-2H3/t13-/m0/s1. The Labute approximate surface area is 86.7 Å². The molecular weight excluding hydrogens is 170 g/mol. The Morgan fingerprint density at radius 1 is 1.21 bits per heavy atom. The summed E-state index contributed by atoms with van der Waals surface area (Å²) >= 11 is 0. The summed E-state index contributed by atoms with van der Waals surface area (Å²) in [4.78, 5) is 2.61. The van der Waals surface area contributed by atoms with E-state index in [1.54, 1.807) is 0 Å². The molecule has 1 aromatic rings. The zero-order valence-electron chi connectivity index (χ0n) is 9.11. The quantitative estimate of drug-likeness (QED) is 0.690. The van der Waals surface area contributed by atoms with Crippen LogP contribution in [-0.2, 0) is 0 Å². The van der Waals surface area contributed by atoms with Gasteiger partial charge in [-0.3, -0.25) is 4.90 Å². The molecule has 1 aliphatic rings. The second kappa shape index (κ2) is 4.14. The molecule has 14 heavy (non-hydrogen) atoms. The second-order valence-corrected chi connectivity index (χ2v) is 4.40. The highest BCUT2D eigenvalue weighted by atomic mass is 15.2. The number of benzene rings is 1. The van der Waals surface area contributed by atoms with Crippen LogP contribution in [0.5, 0.6) is 0 Å². The molecule has 1 aromatic carbocycles. The topological polar surface area (TPSA) is 3.24 Å². The van der Waals surface area contributed by atoms with Gasteiger partial charge in [0, 0.05) is 12.1 Å². The molecule has 0 spiro atoms. The minimum atomic E-state index is 0.663. The van der Waals surface area contributed by atoms with Crippen molar-refractivity contribution in [2.24, 2.45) is 0 Å². The number of hydrogen-bond acceptors (Lipinski definition) is 1. The third-order valence-corrected chi connectivity index (χ3v) is 3.14. The van der Waals surface area contributed by atoms with Crippen molar-refractivity contribution in [2.45, 2.75) is 38.8 Å². The molecule has 1 saturated heterocycles. The summed E-state index contributed by atoms with van der Waals surface area (Å²) < 4.78 is 0. The third kappa shape index (κ3) is 1.83. The maximum absolute atomic E-state index is 2.61. The predicted octanol–water partition coefficient (Wildman–Crippen LogP) is 3.23. The molecule has 1 nitrogen and oxygen atoms in total. The first-order valence-electron chi connectivity index (χ1n) is 5.59. The molecular formula is C13H19N. The van der Waals surface area contributed by atoms with Gasteiger partial charge in [-0.25, -0.2) is 0 Å². The van der Waals surface area contributed by atoms with Crippen molar-refractivity contribution in [3.05, 3.63) is 35.9 Å². The predicted molar refractivity (Wildman–Crippen MR) is 60.3 cm³/mol. The lowest BCUT2D eigenvalue weighted by molar-refractivity contribution is 0.205. The van der Waals surface area contributed by atoms with Gasteiger partial charge in [-0.05, 0) is 38.8 Å². The zero-order chi connectivity index (χ0) is 9.97. The SMILES string of the molecule is CC(C)N1CCC[C@H]1c1ccccc1. The Balaban J connectivity index is 2.18. The summed E-state index contributed by atoms with van der Waals surface area (Å²) in [5, 5.41) is 0. The number of hydrogen-bond donors (Lipinski definition) is 0. The fourth-order valence-electron chi connectivity index (χ4n) is 2.44. The molecule has 0 radical (unpaired) electrons. The Kier molecular flexibility index (Phi) is 2.87. The summed E-state index contributed by atoms with van der Waals surface area (Å²) in [5.41, 5.74) is 1.48. The van der Waals surface area contributed by atoms with E-state index in [0.717, 1.165) is 0 Å². The first-order valence-corrected chi connectivity index (χ1v) is 5.59. The van der Waals surface area contributed by atoms with Gasteiger partial charge in [-0.15, -0.1) is 0 Å². The molecule has 1 fully saturated rings. The van der Waals surface area contributed by atoms with Gasteiger partial charge in [0.15, 0.2) is 0 Å². The molecule has 0 aliphatic carbocycles. The lowest BCUT2D eigenvalue weighted by Crippen LogP contribution is -2.30. The van der Waals surface area contributed by atoms with Crippen molar-refractivity contribution in [3.8, 4) is 0 Å². The maximum Gasteiger partial charge on any atom is 0.0351 e. The van der Waals surface area contributed by atoms with Crippen LogP contribution in [-0.4, -0.2) is 17.5 Å². The molecule has 0 unspecified atom stereocenters. The smallest absolute Gasteiger partial charge is 0.0351 e. The maximum atomic E-state index is 2.61. The van der Waals surface area contributed by atoms with Crippen LogP contribution in [0.2, 0.25) is 0 Å². The molecule has 1 heterocycles. The van der Waals surface area contributed by atoms with Gasteiger partial charge in [0.1, 0.15) is 0 Å². The summed E-state index contributed by atoms with van der Waals surface area (Å²) in [7, 11) is 0. The van der Waals surface area contributed by atoms with Crippen molar-refractivity contribution in [3.63, 3.8) is 0 Å². The number of nitrogens with zero attached hydrogens (tertiary/aromatic N) is 1. The van der Waals surface area contributed by atoms with Gasteiger partial charge < -0.3 is 0 Å². The third-order valence-electron chi connectivity index (χ3n) is 3.14. The van der Waals surface area contributed by atoms with Crippen LogP contribution in [0.1, 0.15) is 38.3 Å². The normalized spacial score (nSPS) is 23.2.